The lowest BCUT2D eigenvalue weighted by Crippen LogP contribution is -2.06. The zero-order valence-electron chi connectivity index (χ0n) is 8.40. The van der Waals surface area contributed by atoms with E-state index in [4.69, 9.17) is 4.74 Å². The number of carbonyl (C=O) groups excluding carboxylic acids is 1. The number of esters is 1. The van der Waals surface area contributed by atoms with Gasteiger partial charge in [0.05, 0.1) is 17.0 Å². The van der Waals surface area contributed by atoms with E-state index in [1.165, 1.54) is 11.3 Å². The molecule has 1 aromatic rings. The quantitative estimate of drug-likeness (QED) is 0.618. The number of hydrogen-bond donors (Lipinski definition) is 0. The first-order valence-corrected chi connectivity index (χ1v) is 6.62. The molecule has 0 spiro atoms. The number of halogens is 1. The molecule has 0 saturated carbocycles. The van der Waals surface area contributed by atoms with Gasteiger partial charge < -0.3 is 4.74 Å². The van der Waals surface area contributed by atoms with E-state index in [0.717, 1.165) is 16.6 Å². The van der Waals surface area contributed by atoms with Gasteiger partial charge in [0.15, 0.2) is 5.69 Å². The standard InChI is InChI=1S/C10H12BrNO2S/c1-2-14-10(13)9-8(15-7-12-9)5-3-4-6-11/h3,5,7H,2,4,6H2,1H3. The Labute approximate surface area is 101 Å². The minimum atomic E-state index is -0.350. The SMILES string of the molecule is CCOC(=O)c1ncsc1C=CCCBr. The van der Waals surface area contributed by atoms with Crippen LogP contribution in [-0.4, -0.2) is 22.9 Å². The van der Waals surface area contributed by atoms with Crippen LogP contribution in [-0.2, 0) is 4.74 Å². The summed E-state index contributed by atoms with van der Waals surface area (Å²) in [6, 6.07) is 0. The maximum atomic E-state index is 11.4. The summed E-state index contributed by atoms with van der Waals surface area (Å²) < 4.78 is 4.90. The fourth-order valence-electron chi connectivity index (χ4n) is 0.980. The van der Waals surface area contributed by atoms with E-state index in [1.807, 2.05) is 12.2 Å². The van der Waals surface area contributed by atoms with E-state index >= 15 is 0 Å². The summed E-state index contributed by atoms with van der Waals surface area (Å²) in [7, 11) is 0. The van der Waals surface area contributed by atoms with Crippen LogP contribution < -0.4 is 0 Å². The Morgan fingerprint density at radius 2 is 2.53 bits per heavy atom. The molecule has 1 rings (SSSR count). The van der Waals surface area contributed by atoms with Crippen molar-refractivity contribution in [2.24, 2.45) is 0 Å². The number of thiazole rings is 1. The highest BCUT2D eigenvalue weighted by atomic mass is 79.9. The third kappa shape index (κ3) is 3.76. The first-order valence-electron chi connectivity index (χ1n) is 4.62. The van der Waals surface area contributed by atoms with Gasteiger partial charge in [-0.25, -0.2) is 9.78 Å². The molecule has 15 heavy (non-hydrogen) atoms. The van der Waals surface area contributed by atoms with Crippen LogP contribution >= 0.6 is 27.3 Å². The molecule has 1 aromatic heterocycles. The van der Waals surface area contributed by atoms with Crippen LogP contribution in [0.2, 0.25) is 0 Å². The molecular weight excluding hydrogens is 278 g/mol. The van der Waals surface area contributed by atoms with Crippen molar-refractivity contribution in [2.75, 3.05) is 11.9 Å². The van der Waals surface area contributed by atoms with Gasteiger partial charge >= 0.3 is 5.97 Å². The fraction of sp³-hybridized carbons (Fsp3) is 0.400. The Kier molecular flexibility index (Phi) is 5.57. The molecule has 0 amide bonds. The molecule has 0 bridgehead atoms. The van der Waals surface area contributed by atoms with Crippen molar-refractivity contribution in [3.05, 3.63) is 22.2 Å². The molecule has 0 fully saturated rings. The van der Waals surface area contributed by atoms with Crippen LogP contribution in [0.4, 0.5) is 0 Å². The molecule has 0 aromatic carbocycles. The normalized spacial score (nSPS) is 10.8. The second-order valence-electron chi connectivity index (χ2n) is 2.67. The Morgan fingerprint density at radius 3 is 3.20 bits per heavy atom. The van der Waals surface area contributed by atoms with Crippen molar-refractivity contribution >= 4 is 39.3 Å². The third-order valence-corrected chi connectivity index (χ3v) is 2.86. The highest BCUT2D eigenvalue weighted by Crippen LogP contribution is 2.16. The van der Waals surface area contributed by atoms with Gasteiger partial charge in [-0.3, -0.25) is 0 Å². The smallest absolute Gasteiger partial charge is 0.358 e. The van der Waals surface area contributed by atoms with Crippen LogP contribution in [0.25, 0.3) is 6.08 Å². The average Bonchev–Trinajstić information content (AvgIpc) is 2.67. The highest BCUT2D eigenvalue weighted by molar-refractivity contribution is 9.09. The van der Waals surface area contributed by atoms with Gasteiger partial charge in [0, 0.05) is 5.33 Å². The summed E-state index contributed by atoms with van der Waals surface area (Å²) in [6.07, 6.45) is 4.84. The van der Waals surface area contributed by atoms with Crippen molar-refractivity contribution in [1.82, 2.24) is 4.98 Å². The minimum Gasteiger partial charge on any atom is -0.461 e. The van der Waals surface area contributed by atoms with E-state index in [1.54, 1.807) is 12.4 Å². The Morgan fingerprint density at radius 1 is 1.73 bits per heavy atom. The maximum Gasteiger partial charge on any atom is 0.358 e. The molecule has 0 unspecified atom stereocenters. The number of rotatable bonds is 5. The molecule has 1 heterocycles. The van der Waals surface area contributed by atoms with E-state index in [9.17, 15) is 4.79 Å². The van der Waals surface area contributed by atoms with Crippen LogP contribution in [0.3, 0.4) is 0 Å². The first-order chi connectivity index (χ1) is 7.29. The van der Waals surface area contributed by atoms with E-state index < -0.39 is 0 Å². The van der Waals surface area contributed by atoms with Gasteiger partial charge in [-0.15, -0.1) is 11.3 Å². The van der Waals surface area contributed by atoms with Crippen LogP contribution in [0.1, 0.15) is 28.7 Å². The zero-order valence-corrected chi connectivity index (χ0v) is 10.8. The minimum absolute atomic E-state index is 0.350. The maximum absolute atomic E-state index is 11.4. The average molecular weight is 290 g/mol. The lowest BCUT2D eigenvalue weighted by atomic mass is 10.3. The molecule has 0 atom stereocenters. The Bertz CT molecular complexity index is 349. The predicted octanol–water partition coefficient (Wildman–Crippen LogP) is 3.12. The van der Waals surface area contributed by atoms with Crippen molar-refractivity contribution in [2.45, 2.75) is 13.3 Å². The van der Waals surface area contributed by atoms with Crippen molar-refractivity contribution in [3.63, 3.8) is 0 Å². The van der Waals surface area contributed by atoms with Gasteiger partial charge in [0.2, 0.25) is 0 Å². The number of nitrogens with zero attached hydrogens (tertiary/aromatic N) is 1. The van der Waals surface area contributed by atoms with Crippen LogP contribution in [0.15, 0.2) is 11.6 Å². The summed E-state index contributed by atoms with van der Waals surface area (Å²) in [4.78, 5) is 16.3. The number of hydrogen-bond acceptors (Lipinski definition) is 4. The van der Waals surface area contributed by atoms with Gasteiger partial charge in [0.25, 0.3) is 0 Å². The lowest BCUT2D eigenvalue weighted by Gasteiger charge is -1.98. The fourth-order valence-corrected chi connectivity index (χ4v) is 1.94. The van der Waals surface area contributed by atoms with Crippen LogP contribution in [0, 0.1) is 0 Å². The van der Waals surface area contributed by atoms with Crippen molar-refractivity contribution in [3.8, 4) is 0 Å². The number of carbonyl (C=O) groups is 1. The number of allylic oxidation sites excluding steroid dienone is 1. The molecule has 0 aliphatic carbocycles. The summed E-state index contributed by atoms with van der Waals surface area (Å²) in [5.41, 5.74) is 2.06. The molecular formula is C10H12BrNO2S. The van der Waals surface area contributed by atoms with Crippen molar-refractivity contribution < 1.29 is 9.53 Å². The molecule has 82 valence electrons. The molecule has 0 aliphatic rings. The molecule has 0 saturated heterocycles. The summed E-state index contributed by atoms with van der Waals surface area (Å²) >= 11 is 4.77. The molecule has 0 aliphatic heterocycles. The topological polar surface area (TPSA) is 39.2 Å². The Hall–Kier alpha value is -0.680. The number of alkyl halides is 1. The van der Waals surface area contributed by atoms with E-state index in [-0.39, 0.29) is 5.97 Å². The molecule has 0 N–H and O–H groups in total. The summed E-state index contributed by atoms with van der Waals surface area (Å²) in [6.45, 7) is 2.16. The Balaban J connectivity index is 2.73. The van der Waals surface area contributed by atoms with Crippen molar-refractivity contribution in [1.29, 1.82) is 0 Å². The highest BCUT2D eigenvalue weighted by Gasteiger charge is 2.13. The number of ether oxygens (including phenoxy) is 1. The monoisotopic (exact) mass is 289 g/mol. The van der Waals surface area contributed by atoms with E-state index in [2.05, 4.69) is 20.9 Å². The second kappa shape index (κ2) is 6.74. The third-order valence-electron chi connectivity index (χ3n) is 1.61. The number of aromatic nitrogens is 1. The largest absolute Gasteiger partial charge is 0.461 e. The predicted molar refractivity (Wildman–Crippen MR) is 65.5 cm³/mol. The van der Waals surface area contributed by atoms with Gasteiger partial charge in [-0.2, -0.15) is 0 Å². The van der Waals surface area contributed by atoms with Gasteiger partial charge in [-0.05, 0) is 19.4 Å². The van der Waals surface area contributed by atoms with Crippen LogP contribution in [0.5, 0.6) is 0 Å². The summed E-state index contributed by atoms with van der Waals surface area (Å²) in [5.74, 6) is -0.350. The van der Waals surface area contributed by atoms with Gasteiger partial charge in [-0.1, -0.05) is 22.0 Å². The molecule has 5 heteroatoms. The first kappa shape index (κ1) is 12.4. The summed E-state index contributed by atoms with van der Waals surface area (Å²) in [5, 5.41) is 0.914. The van der Waals surface area contributed by atoms with Gasteiger partial charge in [0.1, 0.15) is 0 Å². The zero-order chi connectivity index (χ0) is 11.1. The molecule has 0 radical (unpaired) electrons. The molecule has 3 nitrogen and oxygen atoms in total. The lowest BCUT2D eigenvalue weighted by molar-refractivity contribution is 0.0520. The van der Waals surface area contributed by atoms with E-state index in [0.29, 0.717) is 12.3 Å². The second-order valence-corrected chi connectivity index (χ2v) is 4.35.